The summed E-state index contributed by atoms with van der Waals surface area (Å²) in [4.78, 5) is 22.4. The van der Waals surface area contributed by atoms with Gasteiger partial charge in [-0.2, -0.15) is 10.5 Å². The number of carboxylic acids is 2. The van der Waals surface area contributed by atoms with Crippen molar-refractivity contribution in [2.24, 2.45) is 5.41 Å². The molecule has 2 N–H and O–H groups in total. The summed E-state index contributed by atoms with van der Waals surface area (Å²) in [6.45, 7) is 0. The van der Waals surface area contributed by atoms with Gasteiger partial charge in [-0.15, -0.1) is 0 Å². The lowest BCUT2D eigenvalue weighted by Gasteiger charge is -2.27. The van der Waals surface area contributed by atoms with E-state index >= 15 is 0 Å². The summed E-state index contributed by atoms with van der Waals surface area (Å²) >= 11 is 0. The van der Waals surface area contributed by atoms with Crippen LogP contribution in [0.3, 0.4) is 0 Å². The number of carbonyl (C=O) groups is 2. The molecule has 0 atom stereocenters. The van der Waals surface area contributed by atoms with Gasteiger partial charge in [-0.05, 0) is 25.7 Å². The van der Waals surface area contributed by atoms with Crippen molar-refractivity contribution in [3.63, 3.8) is 0 Å². The first kappa shape index (κ1) is 17.9. The van der Waals surface area contributed by atoms with Crippen LogP contribution in [0.5, 0.6) is 0 Å². The monoisotopic (exact) mass is 280 g/mol. The molecule has 20 heavy (non-hydrogen) atoms. The molecule has 0 aliphatic carbocycles. The second kappa shape index (κ2) is 9.80. The number of rotatable bonds is 11. The van der Waals surface area contributed by atoms with Crippen molar-refractivity contribution in [3.8, 4) is 12.1 Å². The predicted molar refractivity (Wildman–Crippen MR) is 70.5 cm³/mol. The first-order valence-electron chi connectivity index (χ1n) is 6.67. The normalized spacial score (nSPS) is 10.5. The molecule has 0 unspecified atom stereocenters. The number of hydrogen-bond acceptors (Lipinski definition) is 4. The maximum absolute atomic E-state index is 11.5. The van der Waals surface area contributed by atoms with E-state index in [0.717, 1.165) is 0 Å². The first-order chi connectivity index (χ1) is 9.48. The van der Waals surface area contributed by atoms with E-state index in [1.165, 1.54) is 0 Å². The van der Waals surface area contributed by atoms with Crippen molar-refractivity contribution in [1.29, 1.82) is 10.5 Å². The van der Waals surface area contributed by atoms with Gasteiger partial charge in [0.25, 0.3) is 0 Å². The molecule has 0 heterocycles. The van der Waals surface area contributed by atoms with Gasteiger partial charge < -0.3 is 10.2 Å². The van der Waals surface area contributed by atoms with Gasteiger partial charge in [0.1, 0.15) is 0 Å². The molecule has 0 rings (SSSR count). The van der Waals surface area contributed by atoms with Crippen LogP contribution in [0.2, 0.25) is 0 Å². The van der Waals surface area contributed by atoms with Crippen LogP contribution in [0, 0.1) is 28.1 Å². The van der Waals surface area contributed by atoms with Gasteiger partial charge in [0, 0.05) is 12.8 Å². The highest BCUT2D eigenvalue weighted by Gasteiger charge is 2.39. The molecule has 6 nitrogen and oxygen atoms in total. The van der Waals surface area contributed by atoms with E-state index in [9.17, 15) is 14.7 Å². The Hall–Kier alpha value is -2.08. The summed E-state index contributed by atoms with van der Waals surface area (Å²) in [5, 5.41) is 35.2. The van der Waals surface area contributed by atoms with Gasteiger partial charge in [0.05, 0.1) is 24.0 Å². The van der Waals surface area contributed by atoms with E-state index in [1.54, 1.807) is 0 Å². The molecule has 0 aromatic heterocycles. The number of nitriles is 2. The summed E-state index contributed by atoms with van der Waals surface area (Å²) in [6.07, 6.45) is 2.96. The molecular weight excluding hydrogens is 260 g/mol. The molecule has 0 bridgehead atoms. The minimum atomic E-state index is -1.28. The predicted octanol–water partition coefficient (Wildman–Crippen LogP) is 2.70. The number of unbranched alkanes of at least 4 members (excludes halogenated alkanes) is 4. The summed E-state index contributed by atoms with van der Waals surface area (Å²) in [5.74, 6) is -2.23. The zero-order chi connectivity index (χ0) is 15.4. The van der Waals surface area contributed by atoms with E-state index in [0.29, 0.717) is 38.5 Å². The quantitative estimate of drug-likeness (QED) is 0.561. The number of nitrogens with zero attached hydrogens (tertiary/aromatic N) is 2. The summed E-state index contributed by atoms with van der Waals surface area (Å²) in [6, 6.07) is 3.97. The lowest BCUT2D eigenvalue weighted by Crippen LogP contribution is -2.33. The standard InChI is InChI=1S/C14H20N2O4/c15-9-5-1-3-7-14(13(19)20,11-12(17)18)8-4-2-6-10-16/h1-8,11H2,(H,17,18)(H,19,20). The van der Waals surface area contributed by atoms with Gasteiger partial charge in [-0.1, -0.05) is 12.8 Å². The van der Waals surface area contributed by atoms with Crippen molar-refractivity contribution in [1.82, 2.24) is 0 Å². The van der Waals surface area contributed by atoms with Crippen LogP contribution >= 0.6 is 0 Å². The topological polar surface area (TPSA) is 122 Å². The lowest BCUT2D eigenvalue weighted by molar-refractivity contribution is -0.157. The maximum Gasteiger partial charge on any atom is 0.310 e. The molecule has 0 spiro atoms. The third-order valence-corrected chi connectivity index (χ3v) is 3.33. The largest absolute Gasteiger partial charge is 0.481 e. The molecule has 110 valence electrons. The molecule has 0 saturated carbocycles. The van der Waals surface area contributed by atoms with Gasteiger partial charge in [-0.3, -0.25) is 9.59 Å². The van der Waals surface area contributed by atoms with Crippen LogP contribution in [0.25, 0.3) is 0 Å². The second-order valence-electron chi connectivity index (χ2n) is 4.89. The van der Waals surface area contributed by atoms with Crippen LogP contribution in [-0.2, 0) is 9.59 Å². The van der Waals surface area contributed by atoms with Crippen molar-refractivity contribution >= 4 is 11.9 Å². The highest BCUT2D eigenvalue weighted by Crippen LogP contribution is 2.35. The third-order valence-electron chi connectivity index (χ3n) is 3.33. The van der Waals surface area contributed by atoms with E-state index in [1.807, 2.05) is 12.1 Å². The van der Waals surface area contributed by atoms with Crippen molar-refractivity contribution in [2.45, 2.75) is 57.8 Å². The molecule has 6 heteroatoms. The van der Waals surface area contributed by atoms with Gasteiger partial charge >= 0.3 is 11.9 Å². The number of carboxylic acid groups (broad SMARTS) is 2. The smallest absolute Gasteiger partial charge is 0.310 e. The maximum atomic E-state index is 11.5. The lowest BCUT2D eigenvalue weighted by atomic mass is 9.75. The average molecular weight is 280 g/mol. The fourth-order valence-corrected chi connectivity index (χ4v) is 2.22. The Morgan fingerprint density at radius 1 is 0.900 bits per heavy atom. The fourth-order valence-electron chi connectivity index (χ4n) is 2.22. The highest BCUT2D eigenvalue weighted by molar-refractivity contribution is 5.81. The SMILES string of the molecule is N#CCCCCC(CCCCC#N)(CC(=O)O)C(=O)O. The minimum Gasteiger partial charge on any atom is -0.481 e. The molecular formula is C14H20N2O4. The Balaban J connectivity index is 4.68. The Labute approximate surface area is 118 Å². The Morgan fingerprint density at radius 3 is 1.65 bits per heavy atom. The van der Waals surface area contributed by atoms with Crippen LogP contribution in [-0.4, -0.2) is 22.2 Å². The molecule has 0 radical (unpaired) electrons. The van der Waals surface area contributed by atoms with Crippen molar-refractivity contribution < 1.29 is 19.8 Å². The van der Waals surface area contributed by atoms with Crippen LogP contribution in [0.1, 0.15) is 57.8 Å². The Morgan fingerprint density at radius 2 is 1.35 bits per heavy atom. The molecule has 0 amide bonds. The Kier molecular flexibility index (Phi) is 8.78. The average Bonchev–Trinajstić information content (AvgIpc) is 2.38. The first-order valence-corrected chi connectivity index (χ1v) is 6.67. The minimum absolute atomic E-state index is 0.253. The summed E-state index contributed by atoms with van der Waals surface area (Å²) in [7, 11) is 0. The zero-order valence-electron chi connectivity index (χ0n) is 11.5. The Bertz CT molecular complexity index is 384. The third kappa shape index (κ3) is 6.75. The van der Waals surface area contributed by atoms with E-state index in [2.05, 4.69) is 0 Å². The molecule has 0 fully saturated rings. The number of hydrogen-bond donors (Lipinski definition) is 2. The van der Waals surface area contributed by atoms with Gasteiger partial charge in [0.2, 0.25) is 0 Å². The molecule has 0 saturated heterocycles. The summed E-state index contributed by atoms with van der Waals surface area (Å²) in [5.41, 5.74) is -1.28. The van der Waals surface area contributed by atoms with Gasteiger partial charge in [-0.25, -0.2) is 0 Å². The highest BCUT2D eigenvalue weighted by atomic mass is 16.4. The van der Waals surface area contributed by atoms with Crippen molar-refractivity contribution in [2.75, 3.05) is 0 Å². The van der Waals surface area contributed by atoms with E-state index < -0.39 is 23.8 Å². The number of aliphatic carboxylic acids is 2. The molecule has 0 aliphatic rings. The fraction of sp³-hybridized carbons (Fsp3) is 0.714. The molecule has 0 aliphatic heterocycles. The molecule has 0 aromatic rings. The van der Waals surface area contributed by atoms with E-state index in [4.69, 9.17) is 15.6 Å². The van der Waals surface area contributed by atoms with Crippen LogP contribution in [0.15, 0.2) is 0 Å². The van der Waals surface area contributed by atoms with Gasteiger partial charge in [0.15, 0.2) is 0 Å². The van der Waals surface area contributed by atoms with E-state index in [-0.39, 0.29) is 12.8 Å². The van der Waals surface area contributed by atoms with Crippen LogP contribution in [0.4, 0.5) is 0 Å². The second-order valence-corrected chi connectivity index (χ2v) is 4.89. The van der Waals surface area contributed by atoms with Crippen LogP contribution < -0.4 is 0 Å². The molecule has 0 aromatic carbocycles. The van der Waals surface area contributed by atoms with Crippen molar-refractivity contribution in [3.05, 3.63) is 0 Å². The summed E-state index contributed by atoms with van der Waals surface area (Å²) < 4.78 is 0. The zero-order valence-corrected chi connectivity index (χ0v) is 11.5.